The van der Waals surface area contributed by atoms with Crippen molar-refractivity contribution in [2.45, 2.75) is 0 Å². The Morgan fingerprint density at radius 2 is 1.72 bits per heavy atom. The van der Waals surface area contributed by atoms with Crippen molar-refractivity contribution in [3.05, 3.63) is 70.8 Å². The first kappa shape index (κ1) is 12.1. The van der Waals surface area contributed by atoms with Crippen molar-refractivity contribution in [2.75, 3.05) is 0 Å². The molecule has 2 aromatic carbocycles. The van der Waals surface area contributed by atoms with Gasteiger partial charge in [-0.15, -0.1) is 0 Å². The number of hydrogen-bond donors (Lipinski definition) is 0. The van der Waals surface area contributed by atoms with Crippen LogP contribution in [0.15, 0.2) is 42.5 Å². The zero-order chi connectivity index (χ0) is 13.1. The Balaban J connectivity index is 2.51. The molecule has 0 radical (unpaired) electrons. The lowest BCUT2D eigenvalue weighted by Gasteiger charge is -2.05. The molecular formula is C14H8F2O2. The smallest absolute Gasteiger partial charge is 0.196 e. The van der Waals surface area contributed by atoms with Crippen molar-refractivity contribution >= 4 is 12.1 Å². The van der Waals surface area contributed by atoms with E-state index in [1.807, 2.05) is 0 Å². The third-order valence-electron chi connectivity index (χ3n) is 2.51. The van der Waals surface area contributed by atoms with Crippen LogP contribution in [-0.2, 0) is 0 Å². The monoisotopic (exact) mass is 246 g/mol. The average molecular weight is 246 g/mol. The number of carbonyl (C=O) groups is 2. The second-order valence-corrected chi connectivity index (χ2v) is 3.66. The fraction of sp³-hybridized carbons (Fsp3) is 0. The van der Waals surface area contributed by atoms with Gasteiger partial charge in [0.2, 0.25) is 0 Å². The van der Waals surface area contributed by atoms with E-state index in [1.165, 1.54) is 12.1 Å². The van der Waals surface area contributed by atoms with Gasteiger partial charge < -0.3 is 0 Å². The molecule has 0 saturated carbocycles. The third-order valence-corrected chi connectivity index (χ3v) is 2.51. The van der Waals surface area contributed by atoms with Gasteiger partial charge in [-0.2, -0.15) is 0 Å². The van der Waals surface area contributed by atoms with Crippen LogP contribution >= 0.6 is 0 Å². The summed E-state index contributed by atoms with van der Waals surface area (Å²) in [5.41, 5.74) is 0.00920. The predicted molar refractivity (Wildman–Crippen MR) is 61.6 cm³/mol. The highest BCUT2D eigenvalue weighted by molar-refractivity contribution is 6.12. The molecule has 0 atom stereocenters. The van der Waals surface area contributed by atoms with Gasteiger partial charge in [-0.25, -0.2) is 8.78 Å². The second-order valence-electron chi connectivity index (χ2n) is 3.66. The Hall–Kier alpha value is -2.36. The lowest BCUT2D eigenvalue weighted by Crippen LogP contribution is -2.07. The zero-order valence-electron chi connectivity index (χ0n) is 9.19. The quantitative estimate of drug-likeness (QED) is 0.616. The summed E-state index contributed by atoms with van der Waals surface area (Å²) in [5, 5.41) is 0. The summed E-state index contributed by atoms with van der Waals surface area (Å²) in [6.45, 7) is 0. The molecule has 90 valence electrons. The molecule has 0 bridgehead atoms. The van der Waals surface area contributed by atoms with E-state index in [1.54, 1.807) is 12.1 Å². The molecule has 0 fully saturated rings. The fourth-order valence-corrected chi connectivity index (χ4v) is 1.63. The van der Waals surface area contributed by atoms with E-state index in [0.717, 1.165) is 12.1 Å². The number of rotatable bonds is 3. The van der Waals surface area contributed by atoms with Crippen molar-refractivity contribution in [1.82, 2.24) is 0 Å². The van der Waals surface area contributed by atoms with Crippen LogP contribution in [0.4, 0.5) is 8.78 Å². The molecule has 0 aromatic heterocycles. The van der Waals surface area contributed by atoms with Crippen molar-refractivity contribution in [3.63, 3.8) is 0 Å². The average Bonchev–Trinajstić information content (AvgIpc) is 2.38. The molecule has 0 heterocycles. The molecule has 0 aliphatic carbocycles. The minimum atomic E-state index is -0.944. The molecule has 0 unspecified atom stereocenters. The molecule has 18 heavy (non-hydrogen) atoms. The van der Waals surface area contributed by atoms with Crippen LogP contribution in [-0.4, -0.2) is 12.1 Å². The molecule has 0 N–H and O–H groups in total. The van der Waals surface area contributed by atoms with Gasteiger partial charge in [-0.1, -0.05) is 24.3 Å². The number of halogens is 2. The number of benzene rings is 2. The van der Waals surface area contributed by atoms with E-state index >= 15 is 0 Å². The molecule has 4 heteroatoms. The van der Waals surface area contributed by atoms with Crippen LogP contribution in [0.2, 0.25) is 0 Å². The largest absolute Gasteiger partial charge is 0.298 e. The normalized spacial score (nSPS) is 10.1. The predicted octanol–water partition coefficient (Wildman–Crippen LogP) is 3.01. The lowest BCUT2D eigenvalue weighted by molar-refractivity contribution is 0.102. The summed E-state index contributed by atoms with van der Waals surface area (Å²) in [6, 6.07) is 8.75. The van der Waals surface area contributed by atoms with E-state index < -0.39 is 17.4 Å². The molecule has 0 spiro atoms. The fourth-order valence-electron chi connectivity index (χ4n) is 1.63. The molecule has 2 nitrogen and oxygen atoms in total. The molecule has 2 aromatic rings. The molecule has 0 saturated heterocycles. The number of aldehydes is 1. The number of ketones is 1. The topological polar surface area (TPSA) is 34.1 Å². The highest BCUT2D eigenvalue weighted by atomic mass is 19.1. The number of hydrogen-bond acceptors (Lipinski definition) is 2. The van der Waals surface area contributed by atoms with Gasteiger partial charge in [0.25, 0.3) is 0 Å². The maximum absolute atomic E-state index is 13.5. The maximum atomic E-state index is 13.5. The van der Waals surface area contributed by atoms with E-state index in [2.05, 4.69) is 0 Å². The summed E-state index contributed by atoms with van der Waals surface area (Å²) in [6.07, 6.45) is 0.522. The van der Waals surface area contributed by atoms with Gasteiger partial charge in [-0.05, 0) is 12.1 Å². The van der Waals surface area contributed by atoms with E-state index in [-0.39, 0.29) is 16.7 Å². The first-order chi connectivity index (χ1) is 8.63. The molecule has 2 rings (SSSR count). The molecule has 0 aliphatic heterocycles. The molecular weight excluding hydrogens is 238 g/mol. The standard InChI is InChI=1S/C14H8F2O2/c15-10-5-6-12(13(16)7-10)14(18)11-4-2-1-3-9(11)8-17/h1-8H. The Morgan fingerprint density at radius 3 is 2.39 bits per heavy atom. The summed E-state index contributed by atoms with van der Waals surface area (Å²) < 4.78 is 26.2. The van der Waals surface area contributed by atoms with E-state index in [9.17, 15) is 18.4 Å². The Bertz CT molecular complexity index is 621. The minimum Gasteiger partial charge on any atom is -0.298 e. The van der Waals surface area contributed by atoms with Crippen LogP contribution in [0, 0.1) is 11.6 Å². The van der Waals surface area contributed by atoms with Crippen LogP contribution < -0.4 is 0 Å². The van der Waals surface area contributed by atoms with Crippen molar-refractivity contribution in [3.8, 4) is 0 Å². The van der Waals surface area contributed by atoms with Gasteiger partial charge in [0, 0.05) is 17.2 Å². The zero-order valence-corrected chi connectivity index (χ0v) is 9.19. The van der Waals surface area contributed by atoms with Gasteiger partial charge >= 0.3 is 0 Å². The van der Waals surface area contributed by atoms with Gasteiger partial charge in [0.15, 0.2) is 12.1 Å². The lowest BCUT2D eigenvalue weighted by atomic mass is 9.98. The summed E-state index contributed by atoms with van der Waals surface area (Å²) >= 11 is 0. The van der Waals surface area contributed by atoms with Gasteiger partial charge in [-0.3, -0.25) is 9.59 Å². The maximum Gasteiger partial charge on any atom is 0.196 e. The van der Waals surface area contributed by atoms with Gasteiger partial charge in [0.05, 0.1) is 5.56 Å². The summed E-state index contributed by atoms with van der Waals surface area (Å²) in [5.74, 6) is -2.34. The van der Waals surface area contributed by atoms with Crippen LogP contribution in [0.3, 0.4) is 0 Å². The first-order valence-corrected chi connectivity index (χ1v) is 5.17. The van der Waals surface area contributed by atoms with Gasteiger partial charge in [0.1, 0.15) is 11.6 Å². The van der Waals surface area contributed by atoms with Crippen LogP contribution in [0.1, 0.15) is 26.3 Å². The second kappa shape index (κ2) is 4.87. The SMILES string of the molecule is O=Cc1ccccc1C(=O)c1ccc(F)cc1F. The van der Waals surface area contributed by atoms with Crippen molar-refractivity contribution in [2.24, 2.45) is 0 Å². The van der Waals surface area contributed by atoms with Crippen molar-refractivity contribution in [1.29, 1.82) is 0 Å². The summed E-state index contributed by atoms with van der Waals surface area (Å²) in [4.78, 5) is 22.8. The number of carbonyl (C=O) groups excluding carboxylic acids is 2. The van der Waals surface area contributed by atoms with Crippen LogP contribution in [0.25, 0.3) is 0 Å². The Morgan fingerprint density at radius 1 is 1.00 bits per heavy atom. The van der Waals surface area contributed by atoms with E-state index in [4.69, 9.17) is 0 Å². The van der Waals surface area contributed by atoms with Crippen molar-refractivity contribution < 1.29 is 18.4 Å². The Kier molecular flexibility index (Phi) is 3.28. The van der Waals surface area contributed by atoms with E-state index in [0.29, 0.717) is 12.4 Å². The van der Waals surface area contributed by atoms with Crippen LogP contribution in [0.5, 0.6) is 0 Å². The Labute approximate surface area is 102 Å². The minimum absolute atomic E-state index is 0.0954. The molecule has 0 amide bonds. The molecule has 0 aliphatic rings. The highest BCUT2D eigenvalue weighted by Crippen LogP contribution is 2.17. The summed E-state index contributed by atoms with van der Waals surface area (Å²) in [7, 11) is 0. The highest BCUT2D eigenvalue weighted by Gasteiger charge is 2.17. The third kappa shape index (κ3) is 2.18. The first-order valence-electron chi connectivity index (χ1n) is 5.17.